The molecule has 10 aromatic rings. The number of aromatic nitrogens is 2. The van der Waals surface area contributed by atoms with Crippen molar-refractivity contribution in [1.29, 1.82) is 0 Å². The van der Waals surface area contributed by atoms with Crippen molar-refractivity contribution in [3.8, 4) is 56.2 Å². The van der Waals surface area contributed by atoms with Gasteiger partial charge in [-0.2, -0.15) is 0 Å². The lowest BCUT2D eigenvalue weighted by atomic mass is 9.86. The van der Waals surface area contributed by atoms with Crippen LogP contribution in [0.4, 0.5) is 0 Å². The molecule has 52 heavy (non-hydrogen) atoms. The van der Waals surface area contributed by atoms with Gasteiger partial charge in [-0.15, -0.1) is 0 Å². The van der Waals surface area contributed by atoms with Gasteiger partial charge in [0.15, 0.2) is 5.82 Å². The molecule has 0 aliphatic rings. The fourth-order valence-electron chi connectivity index (χ4n) is 7.76. The highest BCUT2D eigenvalue weighted by molar-refractivity contribution is 6.23. The molecule has 1 heterocycles. The van der Waals surface area contributed by atoms with Crippen LogP contribution in [0.5, 0.6) is 0 Å². The van der Waals surface area contributed by atoms with E-state index in [4.69, 9.17) is 9.97 Å². The van der Waals surface area contributed by atoms with E-state index in [0.29, 0.717) is 5.82 Å². The molecule has 10 rings (SSSR count). The smallest absolute Gasteiger partial charge is 0.160 e. The third kappa shape index (κ3) is 5.12. The van der Waals surface area contributed by atoms with Crippen LogP contribution in [0, 0.1) is 0 Å². The van der Waals surface area contributed by atoms with E-state index >= 15 is 0 Å². The van der Waals surface area contributed by atoms with Crippen LogP contribution in [0.15, 0.2) is 194 Å². The Morgan fingerprint density at radius 1 is 0.269 bits per heavy atom. The van der Waals surface area contributed by atoms with Gasteiger partial charge < -0.3 is 0 Å². The standard InChI is InChI=1S/C50H32N2/c1-3-13-33(14-4-1)34-23-25-36(26-24-34)47-32-48(52-50(51-47)37-16-5-2-6-17-37)43-29-30-44(42-22-12-11-21-41(42)43)49-40-20-10-8-18-38(40)31-46-39-19-9-7-15-35(39)27-28-45(46)49/h1-32H. The molecule has 0 fully saturated rings. The van der Waals surface area contributed by atoms with Crippen LogP contribution in [-0.4, -0.2) is 9.97 Å². The van der Waals surface area contributed by atoms with E-state index < -0.39 is 0 Å². The number of fused-ring (bicyclic) bond motifs is 5. The van der Waals surface area contributed by atoms with Crippen molar-refractivity contribution in [3.05, 3.63) is 194 Å². The van der Waals surface area contributed by atoms with Crippen molar-refractivity contribution >= 4 is 43.1 Å². The third-order valence-corrected chi connectivity index (χ3v) is 10.3. The predicted molar refractivity (Wildman–Crippen MR) is 219 cm³/mol. The summed E-state index contributed by atoms with van der Waals surface area (Å²) in [5.41, 5.74) is 9.75. The van der Waals surface area contributed by atoms with Gasteiger partial charge in [0.25, 0.3) is 0 Å². The summed E-state index contributed by atoms with van der Waals surface area (Å²) in [6.45, 7) is 0. The summed E-state index contributed by atoms with van der Waals surface area (Å²) in [4.78, 5) is 10.4. The van der Waals surface area contributed by atoms with Crippen molar-refractivity contribution in [2.75, 3.05) is 0 Å². The number of nitrogens with zero attached hydrogens (tertiary/aromatic N) is 2. The minimum absolute atomic E-state index is 0.709. The van der Waals surface area contributed by atoms with E-state index in [2.05, 4.69) is 170 Å². The predicted octanol–water partition coefficient (Wildman–Crippen LogP) is 13.4. The summed E-state index contributed by atoms with van der Waals surface area (Å²) >= 11 is 0. The number of hydrogen-bond acceptors (Lipinski definition) is 2. The molecule has 2 nitrogen and oxygen atoms in total. The molecule has 0 saturated heterocycles. The summed E-state index contributed by atoms with van der Waals surface area (Å²) in [5, 5.41) is 9.88. The highest BCUT2D eigenvalue weighted by Crippen LogP contribution is 2.44. The SMILES string of the molecule is c1ccc(-c2ccc(-c3cc(-c4ccc(-c5c6ccccc6cc6c5ccc5ccccc56)c5ccccc45)nc(-c4ccccc4)n3)cc2)cc1. The summed E-state index contributed by atoms with van der Waals surface area (Å²) in [5.74, 6) is 0.709. The Morgan fingerprint density at radius 3 is 1.56 bits per heavy atom. The van der Waals surface area contributed by atoms with Gasteiger partial charge in [0.05, 0.1) is 11.4 Å². The third-order valence-electron chi connectivity index (χ3n) is 10.3. The first-order valence-electron chi connectivity index (χ1n) is 17.7. The normalized spacial score (nSPS) is 11.5. The fourth-order valence-corrected chi connectivity index (χ4v) is 7.76. The summed E-state index contributed by atoms with van der Waals surface area (Å²) < 4.78 is 0. The molecule has 0 saturated carbocycles. The molecule has 0 spiro atoms. The van der Waals surface area contributed by atoms with Crippen LogP contribution in [0.1, 0.15) is 0 Å². The molecule has 242 valence electrons. The zero-order chi connectivity index (χ0) is 34.4. The number of hydrogen-bond donors (Lipinski definition) is 0. The molecule has 0 atom stereocenters. The minimum atomic E-state index is 0.709. The second kappa shape index (κ2) is 12.5. The zero-order valence-corrected chi connectivity index (χ0v) is 28.4. The maximum absolute atomic E-state index is 5.24. The van der Waals surface area contributed by atoms with Gasteiger partial charge in [-0.3, -0.25) is 0 Å². The van der Waals surface area contributed by atoms with Gasteiger partial charge in [-0.05, 0) is 77.5 Å². The monoisotopic (exact) mass is 660 g/mol. The molecule has 0 amide bonds. The lowest BCUT2D eigenvalue weighted by molar-refractivity contribution is 1.18. The minimum Gasteiger partial charge on any atom is -0.228 e. The maximum Gasteiger partial charge on any atom is 0.160 e. The van der Waals surface area contributed by atoms with Gasteiger partial charge >= 0.3 is 0 Å². The topological polar surface area (TPSA) is 25.8 Å². The van der Waals surface area contributed by atoms with Crippen molar-refractivity contribution in [1.82, 2.24) is 9.97 Å². The van der Waals surface area contributed by atoms with Crippen molar-refractivity contribution in [3.63, 3.8) is 0 Å². The average Bonchev–Trinajstić information content (AvgIpc) is 3.23. The van der Waals surface area contributed by atoms with Gasteiger partial charge in [-0.25, -0.2) is 9.97 Å². The molecule has 0 unspecified atom stereocenters. The fraction of sp³-hybridized carbons (Fsp3) is 0. The van der Waals surface area contributed by atoms with E-state index in [1.807, 2.05) is 24.3 Å². The highest BCUT2D eigenvalue weighted by Gasteiger charge is 2.18. The van der Waals surface area contributed by atoms with Crippen LogP contribution in [0.2, 0.25) is 0 Å². The van der Waals surface area contributed by atoms with Crippen LogP contribution in [-0.2, 0) is 0 Å². The molecule has 0 aliphatic heterocycles. The first-order chi connectivity index (χ1) is 25.8. The second-order valence-corrected chi connectivity index (χ2v) is 13.3. The second-order valence-electron chi connectivity index (χ2n) is 13.3. The summed E-state index contributed by atoms with van der Waals surface area (Å²) in [6, 6.07) is 69.3. The quantitative estimate of drug-likeness (QED) is 0.136. The Hall–Kier alpha value is -6.90. The van der Waals surface area contributed by atoms with Crippen LogP contribution >= 0.6 is 0 Å². The molecule has 0 aliphatic carbocycles. The van der Waals surface area contributed by atoms with E-state index in [0.717, 1.165) is 33.5 Å². The van der Waals surface area contributed by atoms with E-state index in [-0.39, 0.29) is 0 Å². The van der Waals surface area contributed by atoms with Crippen molar-refractivity contribution in [2.24, 2.45) is 0 Å². The summed E-state index contributed by atoms with van der Waals surface area (Å²) in [7, 11) is 0. The Labute approximate surface area is 302 Å². The van der Waals surface area contributed by atoms with E-state index in [1.54, 1.807) is 0 Å². The van der Waals surface area contributed by atoms with Crippen LogP contribution in [0.25, 0.3) is 99.2 Å². The molecule has 0 radical (unpaired) electrons. The van der Waals surface area contributed by atoms with Crippen molar-refractivity contribution < 1.29 is 0 Å². The molecular formula is C50H32N2. The van der Waals surface area contributed by atoms with Crippen LogP contribution < -0.4 is 0 Å². The number of benzene rings is 9. The van der Waals surface area contributed by atoms with Crippen molar-refractivity contribution in [2.45, 2.75) is 0 Å². The Bertz CT molecular complexity index is 2930. The van der Waals surface area contributed by atoms with Gasteiger partial charge in [0.1, 0.15) is 0 Å². The Balaban J connectivity index is 1.19. The Kier molecular flexibility index (Phi) is 7.18. The molecule has 1 aromatic heterocycles. The first kappa shape index (κ1) is 30.0. The van der Waals surface area contributed by atoms with Crippen LogP contribution in [0.3, 0.4) is 0 Å². The molecular weight excluding hydrogens is 629 g/mol. The van der Waals surface area contributed by atoms with E-state index in [1.165, 1.54) is 60.0 Å². The van der Waals surface area contributed by atoms with Gasteiger partial charge in [0.2, 0.25) is 0 Å². The lowest BCUT2D eigenvalue weighted by Crippen LogP contribution is -1.97. The molecule has 0 bridgehead atoms. The Morgan fingerprint density at radius 2 is 0.808 bits per heavy atom. The largest absolute Gasteiger partial charge is 0.228 e. The number of rotatable bonds is 5. The molecule has 9 aromatic carbocycles. The van der Waals surface area contributed by atoms with Gasteiger partial charge in [-0.1, -0.05) is 182 Å². The van der Waals surface area contributed by atoms with E-state index in [9.17, 15) is 0 Å². The summed E-state index contributed by atoms with van der Waals surface area (Å²) in [6.07, 6.45) is 0. The highest BCUT2D eigenvalue weighted by atomic mass is 14.9. The zero-order valence-electron chi connectivity index (χ0n) is 28.4. The first-order valence-corrected chi connectivity index (χ1v) is 17.7. The maximum atomic E-state index is 5.24. The molecule has 2 heteroatoms. The molecule has 0 N–H and O–H groups in total. The van der Waals surface area contributed by atoms with Gasteiger partial charge in [0, 0.05) is 16.7 Å². The lowest BCUT2D eigenvalue weighted by Gasteiger charge is -2.17. The average molecular weight is 661 g/mol.